The van der Waals surface area contributed by atoms with E-state index < -0.39 is 0 Å². The summed E-state index contributed by atoms with van der Waals surface area (Å²) in [7, 11) is 0. The Bertz CT molecular complexity index is 636. The minimum Gasteiger partial charge on any atom is -0.399 e. The molecule has 0 radical (unpaired) electrons. The van der Waals surface area contributed by atoms with Gasteiger partial charge in [0, 0.05) is 15.1 Å². The topological polar surface area (TPSA) is 55.1 Å². The van der Waals surface area contributed by atoms with E-state index in [9.17, 15) is 9.18 Å². The van der Waals surface area contributed by atoms with Crippen LogP contribution in [0.3, 0.4) is 0 Å². The van der Waals surface area contributed by atoms with E-state index in [1.165, 1.54) is 6.07 Å². The molecule has 2 rings (SSSR count). The highest BCUT2D eigenvalue weighted by Crippen LogP contribution is 2.26. The van der Waals surface area contributed by atoms with Gasteiger partial charge in [-0.3, -0.25) is 4.79 Å². The number of carbonyl (C=O) groups excluding carboxylic acids is 1. The van der Waals surface area contributed by atoms with Gasteiger partial charge in [-0.1, -0.05) is 12.1 Å². The summed E-state index contributed by atoms with van der Waals surface area (Å²) in [6.07, 6.45) is 0. The summed E-state index contributed by atoms with van der Waals surface area (Å²) in [6, 6.07) is 11.5. The average Bonchev–Trinajstić information content (AvgIpc) is 2.41. The highest BCUT2D eigenvalue weighted by atomic mass is 79.9. The van der Waals surface area contributed by atoms with Gasteiger partial charge in [0.1, 0.15) is 5.82 Å². The molecule has 0 atom stereocenters. The van der Waals surface area contributed by atoms with Crippen LogP contribution in [0.25, 0.3) is 0 Å². The third kappa shape index (κ3) is 3.98. The first-order valence-electron chi connectivity index (χ1n) is 5.78. The quantitative estimate of drug-likeness (QED) is 0.646. The van der Waals surface area contributed by atoms with E-state index in [1.807, 2.05) is 0 Å². The molecule has 0 unspecified atom stereocenters. The highest BCUT2D eigenvalue weighted by Gasteiger charge is 2.08. The maximum atomic E-state index is 13.4. The lowest BCUT2D eigenvalue weighted by Crippen LogP contribution is -2.14. The molecule has 0 saturated heterocycles. The SMILES string of the molecule is Nc1ccc(NC(=O)CSc2ccccc2F)c(Br)c1. The van der Waals surface area contributed by atoms with Crippen molar-refractivity contribution in [1.82, 2.24) is 0 Å². The van der Waals surface area contributed by atoms with E-state index in [0.29, 0.717) is 20.7 Å². The van der Waals surface area contributed by atoms with E-state index in [1.54, 1.807) is 36.4 Å². The summed E-state index contributed by atoms with van der Waals surface area (Å²) in [6.45, 7) is 0. The Balaban J connectivity index is 1.94. The Morgan fingerprint density at radius 1 is 1.30 bits per heavy atom. The average molecular weight is 355 g/mol. The standard InChI is InChI=1S/C14H12BrFN2OS/c15-10-7-9(17)5-6-12(10)18-14(19)8-20-13-4-2-1-3-11(13)16/h1-7H,8,17H2,(H,18,19). The molecule has 0 saturated carbocycles. The van der Waals surface area contributed by atoms with Crippen LogP contribution in [0.15, 0.2) is 51.8 Å². The molecule has 104 valence electrons. The monoisotopic (exact) mass is 354 g/mol. The molecular weight excluding hydrogens is 343 g/mol. The lowest BCUT2D eigenvalue weighted by atomic mass is 10.3. The molecule has 1 amide bonds. The van der Waals surface area contributed by atoms with Crippen molar-refractivity contribution >= 4 is 45.0 Å². The van der Waals surface area contributed by atoms with Crippen LogP contribution in [0.1, 0.15) is 0 Å². The number of hydrogen-bond acceptors (Lipinski definition) is 3. The van der Waals surface area contributed by atoms with Crippen molar-refractivity contribution in [2.75, 3.05) is 16.8 Å². The zero-order valence-corrected chi connectivity index (χ0v) is 12.8. The summed E-state index contributed by atoms with van der Waals surface area (Å²) in [4.78, 5) is 12.3. The van der Waals surface area contributed by atoms with Gasteiger partial charge in [0.05, 0.1) is 11.4 Å². The molecule has 3 N–H and O–H groups in total. The Hall–Kier alpha value is -1.53. The zero-order chi connectivity index (χ0) is 14.5. The van der Waals surface area contributed by atoms with Crippen molar-refractivity contribution in [2.24, 2.45) is 0 Å². The maximum absolute atomic E-state index is 13.4. The lowest BCUT2D eigenvalue weighted by Gasteiger charge is -2.08. The molecule has 0 bridgehead atoms. The normalized spacial score (nSPS) is 10.3. The number of nitrogen functional groups attached to an aromatic ring is 1. The predicted molar refractivity (Wildman–Crippen MR) is 84.3 cm³/mol. The van der Waals surface area contributed by atoms with Gasteiger partial charge >= 0.3 is 0 Å². The molecule has 0 aliphatic heterocycles. The Morgan fingerprint density at radius 2 is 2.05 bits per heavy atom. The molecule has 0 aliphatic rings. The van der Waals surface area contributed by atoms with Gasteiger partial charge in [0.25, 0.3) is 0 Å². The Kier molecular flexibility index (Phi) is 5.03. The first kappa shape index (κ1) is 14.9. The highest BCUT2D eigenvalue weighted by molar-refractivity contribution is 9.10. The van der Waals surface area contributed by atoms with Crippen molar-refractivity contribution < 1.29 is 9.18 Å². The fourth-order valence-electron chi connectivity index (χ4n) is 1.52. The summed E-state index contributed by atoms with van der Waals surface area (Å²) >= 11 is 4.48. The minimum atomic E-state index is -0.320. The van der Waals surface area contributed by atoms with Gasteiger partial charge in [-0.2, -0.15) is 0 Å². The summed E-state index contributed by atoms with van der Waals surface area (Å²) in [5.41, 5.74) is 6.87. The summed E-state index contributed by atoms with van der Waals surface area (Å²) < 4.78 is 14.1. The molecule has 0 aromatic heterocycles. The molecule has 0 spiro atoms. The van der Waals surface area contributed by atoms with Crippen LogP contribution in [0.4, 0.5) is 15.8 Å². The van der Waals surface area contributed by atoms with Crippen LogP contribution in [-0.4, -0.2) is 11.7 Å². The van der Waals surface area contributed by atoms with Crippen LogP contribution < -0.4 is 11.1 Å². The lowest BCUT2D eigenvalue weighted by molar-refractivity contribution is -0.113. The number of nitrogens with one attached hydrogen (secondary N) is 1. The Labute approximate surface area is 128 Å². The first-order valence-corrected chi connectivity index (χ1v) is 7.56. The molecule has 20 heavy (non-hydrogen) atoms. The molecule has 0 aliphatic carbocycles. The van der Waals surface area contributed by atoms with E-state index in [-0.39, 0.29) is 17.5 Å². The van der Waals surface area contributed by atoms with Gasteiger partial charge in [0.15, 0.2) is 0 Å². The van der Waals surface area contributed by atoms with Crippen LogP contribution in [-0.2, 0) is 4.79 Å². The zero-order valence-electron chi connectivity index (χ0n) is 10.4. The number of rotatable bonds is 4. The van der Waals surface area contributed by atoms with Gasteiger partial charge < -0.3 is 11.1 Å². The molecule has 6 heteroatoms. The fourth-order valence-corrected chi connectivity index (χ4v) is 2.76. The summed E-state index contributed by atoms with van der Waals surface area (Å²) in [5, 5.41) is 2.74. The smallest absolute Gasteiger partial charge is 0.234 e. The fraction of sp³-hybridized carbons (Fsp3) is 0.0714. The van der Waals surface area contributed by atoms with Crippen molar-refractivity contribution in [3.05, 3.63) is 52.8 Å². The molecule has 2 aromatic carbocycles. The predicted octanol–water partition coefficient (Wildman–Crippen LogP) is 3.90. The second-order valence-corrected chi connectivity index (χ2v) is 5.88. The molecular formula is C14H12BrFN2OS. The van der Waals surface area contributed by atoms with Crippen molar-refractivity contribution in [3.8, 4) is 0 Å². The Morgan fingerprint density at radius 3 is 2.75 bits per heavy atom. The molecule has 0 heterocycles. The van der Waals surface area contributed by atoms with Gasteiger partial charge in [-0.05, 0) is 46.3 Å². The number of carbonyl (C=O) groups is 1. The van der Waals surface area contributed by atoms with E-state index >= 15 is 0 Å². The molecule has 0 fully saturated rings. The van der Waals surface area contributed by atoms with Crippen molar-refractivity contribution in [3.63, 3.8) is 0 Å². The van der Waals surface area contributed by atoms with Crippen LogP contribution in [0.5, 0.6) is 0 Å². The second kappa shape index (κ2) is 6.76. The second-order valence-electron chi connectivity index (χ2n) is 4.01. The summed E-state index contributed by atoms with van der Waals surface area (Å²) in [5.74, 6) is -0.389. The molecule has 2 aromatic rings. The van der Waals surface area contributed by atoms with Gasteiger partial charge in [-0.15, -0.1) is 11.8 Å². The number of thioether (sulfide) groups is 1. The van der Waals surface area contributed by atoms with E-state index in [0.717, 1.165) is 11.8 Å². The third-order valence-electron chi connectivity index (χ3n) is 2.46. The molecule has 3 nitrogen and oxygen atoms in total. The number of halogens is 2. The van der Waals surface area contributed by atoms with Crippen molar-refractivity contribution in [2.45, 2.75) is 4.90 Å². The maximum Gasteiger partial charge on any atom is 0.234 e. The van der Waals surface area contributed by atoms with Crippen LogP contribution in [0.2, 0.25) is 0 Å². The number of hydrogen-bond donors (Lipinski definition) is 2. The number of anilines is 2. The van der Waals surface area contributed by atoms with Crippen molar-refractivity contribution in [1.29, 1.82) is 0 Å². The third-order valence-corrected chi connectivity index (χ3v) is 4.17. The van der Waals surface area contributed by atoms with Gasteiger partial charge in [0.2, 0.25) is 5.91 Å². The minimum absolute atomic E-state index is 0.137. The van der Waals surface area contributed by atoms with E-state index in [2.05, 4.69) is 21.2 Å². The number of nitrogens with two attached hydrogens (primary N) is 1. The van der Waals surface area contributed by atoms with Crippen LogP contribution in [0, 0.1) is 5.82 Å². The van der Waals surface area contributed by atoms with Gasteiger partial charge in [-0.25, -0.2) is 4.39 Å². The van der Waals surface area contributed by atoms with Crippen LogP contribution >= 0.6 is 27.7 Å². The first-order chi connectivity index (χ1) is 9.56. The number of benzene rings is 2. The number of amides is 1. The largest absolute Gasteiger partial charge is 0.399 e. The van der Waals surface area contributed by atoms with E-state index in [4.69, 9.17) is 5.73 Å².